The molecule has 0 saturated carbocycles. The third kappa shape index (κ3) is 14.1. The van der Waals surface area contributed by atoms with Crippen molar-refractivity contribution in [2.24, 2.45) is 5.92 Å². The summed E-state index contributed by atoms with van der Waals surface area (Å²) in [5.74, 6) is -1.38. The van der Waals surface area contributed by atoms with Crippen LogP contribution in [-0.2, 0) is 19.4 Å². The second-order valence-electron chi connectivity index (χ2n) is 5.70. The van der Waals surface area contributed by atoms with Gasteiger partial charge in [-0.05, 0) is 6.42 Å². The Kier molecular flexibility index (Phi) is 11.6. The first-order chi connectivity index (χ1) is 9.87. The highest BCUT2D eigenvalue weighted by atomic mass is 32.3. The second-order valence-corrected chi connectivity index (χ2v) is 6.72. The smallest absolute Gasteiger partial charge is 0.325 e. The van der Waals surface area contributed by atoms with E-state index in [4.69, 9.17) is 4.55 Å². The minimum absolute atomic E-state index is 0.499. The highest BCUT2D eigenvalue weighted by molar-refractivity contribution is 7.81. The fraction of sp³-hybridized carbons (Fsp3) is 0.933. The molecule has 0 aliphatic carbocycles. The maximum Gasteiger partial charge on any atom is 0.448 e. The molecule has 1 N–H and O–H groups in total. The molecule has 6 heteroatoms. The van der Waals surface area contributed by atoms with Crippen molar-refractivity contribution >= 4 is 16.4 Å². The summed E-state index contributed by atoms with van der Waals surface area (Å²) in [6.45, 7) is 3.83. The lowest BCUT2D eigenvalue weighted by molar-refractivity contribution is -0.138. The fourth-order valence-electron chi connectivity index (χ4n) is 2.24. The van der Waals surface area contributed by atoms with Gasteiger partial charge < -0.3 is 4.18 Å². The number of hydrogen-bond acceptors (Lipinski definition) is 4. The van der Waals surface area contributed by atoms with Crippen LogP contribution in [0.2, 0.25) is 0 Å². The Balaban J connectivity index is 3.44. The van der Waals surface area contributed by atoms with Crippen LogP contribution in [0.3, 0.4) is 0 Å². The zero-order valence-corrected chi connectivity index (χ0v) is 14.2. The first-order valence-electron chi connectivity index (χ1n) is 8.07. The van der Waals surface area contributed by atoms with E-state index in [2.05, 4.69) is 11.1 Å². The third-order valence-corrected chi connectivity index (χ3v) is 3.96. The fourth-order valence-corrected chi connectivity index (χ4v) is 2.61. The Morgan fingerprint density at radius 1 is 0.952 bits per heavy atom. The van der Waals surface area contributed by atoms with Gasteiger partial charge in [0.05, 0.1) is 5.92 Å². The van der Waals surface area contributed by atoms with Crippen molar-refractivity contribution in [1.29, 1.82) is 0 Å². The maximum absolute atomic E-state index is 11.3. The normalized spacial score (nSPS) is 13.1. The van der Waals surface area contributed by atoms with Crippen LogP contribution in [-0.4, -0.2) is 18.9 Å². The van der Waals surface area contributed by atoms with Gasteiger partial charge in [0.25, 0.3) is 0 Å². The zero-order valence-electron chi connectivity index (χ0n) is 13.3. The number of rotatable bonds is 13. The van der Waals surface area contributed by atoms with Crippen molar-refractivity contribution in [3.05, 3.63) is 0 Å². The molecule has 0 radical (unpaired) electrons. The molecule has 0 heterocycles. The van der Waals surface area contributed by atoms with Gasteiger partial charge in [0.15, 0.2) is 0 Å². The monoisotopic (exact) mass is 322 g/mol. The van der Waals surface area contributed by atoms with Crippen LogP contribution < -0.4 is 0 Å². The molecule has 0 bridgehead atoms. The summed E-state index contributed by atoms with van der Waals surface area (Å²) in [6, 6.07) is 0. The summed E-state index contributed by atoms with van der Waals surface area (Å²) >= 11 is 0. The molecular weight excluding hydrogens is 292 g/mol. The van der Waals surface area contributed by atoms with Crippen LogP contribution in [0.15, 0.2) is 0 Å². The van der Waals surface area contributed by atoms with Crippen LogP contribution in [0.1, 0.15) is 84.5 Å². The Morgan fingerprint density at radius 2 is 1.38 bits per heavy atom. The first-order valence-corrected chi connectivity index (χ1v) is 9.44. The van der Waals surface area contributed by atoms with Gasteiger partial charge in [0, 0.05) is 0 Å². The molecule has 0 amide bonds. The highest BCUT2D eigenvalue weighted by Gasteiger charge is 2.19. The van der Waals surface area contributed by atoms with Gasteiger partial charge in [-0.3, -0.25) is 9.35 Å². The topological polar surface area (TPSA) is 80.7 Å². The third-order valence-electron chi connectivity index (χ3n) is 3.58. The minimum atomic E-state index is -4.67. The second kappa shape index (κ2) is 12.0. The van der Waals surface area contributed by atoms with Gasteiger partial charge >= 0.3 is 16.4 Å². The summed E-state index contributed by atoms with van der Waals surface area (Å²) in [7, 11) is -4.67. The van der Waals surface area contributed by atoms with Crippen molar-refractivity contribution in [3.8, 4) is 0 Å². The molecule has 0 fully saturated rings. The highest BCUT2D eigenvalue weighted by Crippen LogP contribution is 2.15. The Morgan fingerprint density at radius 3 is 1.81 bits per heavy atom. The SMILES string of the molecule is CCCCCCCCCCCCC(C)C(=O)OS(=O)(=O)O. The summed E-state index contributed by atoms with van der Waals surface area (Å²) in [5, 5.41) is 0. The number of hydrogen-bond donors (Lipinski definition) is 1. The van der Waals surface area contributed by atoms with E-state index in [1.807, 2.05) is 0 Å². The summed E-state index contributed by atoms with van der Waals surface area (Å²) in [4.78, 5) is 11.3. The standard InChI is InChI=1S/C15H30O5S/c1-3-4-5-6-7-8-9-10-11-12-13-14(2)15(16)20-21(17,18)19/h14H,3-13H2,1-2H3,(H,17,18,19). The molecule has 0 rings (SSSR count). The summed E-state index contributed by atoms with van der Waals surface area (Å²) in [6.07, 6.45) is 12.7. The van der Waals surface area contributed by atoms with Crippen LogP contribution in [0.4, 0.5) is 0 Å². The van der Waals surface area contributed by atoms with Gasteiger partial charge in [-0.1, -0.05) is 78.1 Å². The largest absolute Gasteiger partial charge is 0.448 e. The van der Waals surface area contributed by atoms with Crippen molar-refractivity contribution in [1.82, 2.24) is 0 Å². The molecule has 1 unspecified atom stereocenters. The molecule has 5 nitrogen and oxygen atoms in total. The predicted octanol–water partition coefficient (Wildman–Crippen LogP) is 4.28. The molecule has 0 saturated heterocycles. The molecule has 0 aromatic carbocycles. The summed E-state index contributed by atoms with van der Waals surface area (Å²) < 4.78 is 33.1. The van der Waals surface area contributed by atoms with Crippen LogP contribution >= 0.6 is 0 Å². The molecule has 0 aliphatic heterocycles. The first kappa shape index (κ1) is 20.4. The minimum Gasteiger partial charge on any atom is -0.325 e. The van der Waals surface area contributed by atoms with Gasteiger partial charge in [0.1, 0.15) is 0 Å². The Labute approximate surface area is 129 Å². The van der Waals surface area contributed by atoms with Crippen LogP contribution in [0.25, 0.3) is 0 Å². The van der Waals surface area contributed by atoms with Crippen molar-refractivity contribution in [2.75, 3.05) is 0 Å². The number of carbonyl (C=O) groups excluding carboxylic acids is 1. The maximum atomic E-state index is 11.3. The zero-order chi connectivity index (χ0) is 16.1. The average molecular weight is 322 g/mol. The number of unbranched alkanes of at least 4 members (excludes halogenated alkanes) is 9. The van der Waals surface area contributed by atoms with E-state index in [1.165, 1.54) is 44.9 Å². The van der Waals surface area contributed by atoms with E-state index in [1.54, 1.807) is 6.92 Å². The van der Waals surface area contributed by atoms with E-state index in [9.17, 15) is 13.2 Å². The Hall–Kier alpha value is -0.620. The van der Waals surface area contributed by atoms with Crippen molar-refractivity contribution in [2.45, 2.75) is 84.5 Å². The van der Waals surface area contributed by atoms with E-state index < -0.39 is 22.3 Å². The molecule has 0 aromatic heterocycles. The van der Waals surface area contributed by atoms with E-state index in [-0.39, 0.29) is 0 Å². The molecule has 0 aromatic rings. The van der Waals surface area contributed by atoms with Gasteiger partial charge in [-0.25, -0.2) is 0 Å². The number of carbonyl (C=O) groups is 1. The Bertz CT molecular complexity index is 364. The molecule has 126 valence electrons. The molecule has 0 aliphatic rings. The van der Waals surface area contributed by atoms with Gasteiger partial charge in [0.2, 0.25) is 0 Å². The van der Waals surface area contributed by atoms with E-state index in [0.29, 0.717) is 6.42 Å². The molecule has 0 spiro atoms. The van der Waals surface area contributed by atoms with Gasteiger partial charge in [-0.15, -0.1) is 0 Å². The quantitative estimate of drug-likeness (QED) is 0.404. The average Bonchev–Trinajstić information content (AvgIpc) is 2.38. The van der Waals surface area contributed by atoms with E-state index in [0.717, 1.165) is 19.3 Å². The summed E-state index contributed by atoms with van der Waals surface area (Å²) in [5.41, 5.74) is 0. The van der Waals surface area contributed by atoms with E-state index >= 15 is 0 Å². The van der Waals surface area contributed by atoms with Crippen LogP contribution in [0, 0.1) is 5.92 Å². The van der Waals surface area contributed by atoms with Gasteiger partial charge in [-0.2, -0.15) is 8.42 Å². The lowest BCUT2D eigenvalue weighted by atomic mass is 10.0. The molecule has 21 heavy (non-hydrogen) atoms. The molecular formula is C15H30O5S. The lowest BCUT2D eigenvalue weighted by Crippen LogP contribution is -2.18. The van der Waals surface area contributed by atoms with Crippen molar-refractivity contribution < 1.29 is 21.9 Å². The van der Waals surface area contributed by atoms with Crippen LogP contribution in [0.5, 0.6) is 0 Å². The lowest BCUT2D eigenvalue weighted by Gasteiger charge is -2.08. The van der Waals surface area contributed by atoms with Crippen molar-refractivity contribution in [3.63, 3.8) is 0 Å². The predicted molar refractivity (Wildman–Crippen MR) is 83.3 cm³/mol. The molecule has 1 atom stereocenters.